The second kappa shape index (κ2) is 9.63. The van der Waals surface area contributed by atoms with Crippen LogP contribution < -0.4 is 24.3 Å². The van der Waals surface area contributed by atoms with Crippen molar-refractivity contribution in [2.24, 2.45) is 0 Å². The number of rotatable bonds is 9. The first kappa shape index (κ1) is 20.3. The number of methoxy groups -OCH3 is 4. The van der Waals surface area contributed by atoms with Gasteiger partial charge in [0.2, 0.25) is 5.75 Å². The molecule has 0 heterocycles. The molecule has 0 aliphatic heterocycles. The molecule has 2 aromatic carbocycles. The highest BCUT2D eigenvalue weighted by molar-refractivity contribution is 6.07. The first-order valence-corrected chi connectivity index (χ1v) is 8.07. The summed E-state index contributed by atoms with van der Waals surface area (Å²) >= 11 is 0. The van der Waals surface area contributed by atoms with Crippen molar-refractivity contribution in [3.63, 3.8) is 0 Å². The zero-order valence-electron chi connectivity index (χ0n) is 15.6. The third-order valence-corrected chi connectivity index (χ3v) is 3.68. The number of benzene rings is 2. The molecule has 0 aromatic heterocycles. The van der Waals surface area contributed by atoms with Crippen LogP contribution in [0.2, 0.25) is 0 Å². The monoisotopic (exact) mass is 379 g/mol. The molecule has 0 atom stereocenters. The Bertz CT molecular complexity index is 796. The molecule has 0 fully saturated rings. The van der Waals surface area contributed by atoms with Crippen LogP contribution in [0.25, 0.3) is 0 Å². The third kappa shape index (κ3) is 4.79. The minimum Gasteiger partial charge on any atom is -0.493 e. The number of anilines is 1. The van der Waals surface area contributed by atoms with Crippen molar-refractivity contribution in [3.05, 3.63) is 41.7 Å². The van der Waals surface area contributed by atoms with E-state index in [1.807, 2.05) is 0 Å². The first-order valence-electron chi connectivity index (χ1n) is 8.07. The number of carbonyl (C=O) groups is 1. The Kier molecular flexibility index (Phi) is 7.25. The quantitative estimate of drug-likeness (QED) is 0.675. The van der Waals surface area contributed by atoms with Crippen molar-refractivity contribution in [2.45, 2.75) is 0 Å². The van der Waals surface area contributed by atoms with Gasteiger partial charge in [0.1, 0.15) is 6.61 Å². The van der Waals surface area contributed by atoms with Gasteiger partial charge in [0.15, 0.2) is 23.1 Å². The van der Waals surface area contributed by atoms with E-state index in [1.54, 1.807) is 6.07 Å². The fraction of sp³-hybridized carbons (Fsp3) is 0.316. The number of carbonyl (C=O) groups excluding carboxylic acids is 1. The summed E-state index contributed by atoms with van der Waals surface area (Å²) in [5.41, 5.74) is 0.490. The second-order valence-corrected chi connectivity index (χ2v) is 5.32. The lowest BCUT2D eigenvalue weighted by Gasteiger charge is -2.15. The Labute approximate surface area is 156 Å². The summed E-state index contributed by atoms with van der Waals surface area (Å²) in [6, 6.07) is 7.27. The molecule has 1 N–H and O–H groups in total. The van der Waals surface area contributed by atoms with Gasteiger partial charge in [-0.3, -0.25) is 4.79 Å². The summed E-state index contributed by atoms with van der Waals surface area (Å²) < 4.78 is 40.0. The molecule has 27 heavy (non-hydrogen) atoms. The molecule has 7 nitrogen and oxygen atoms in total. The Balaban J connectivity index is 2.21. The van der Waals surface area contributed by atoms with Gasteiger partial charge < -0.3 is 29.0 Å². The van der Waals surface area contributed by atoms with Gasteiger partial charge in [-0.25, -0.2) is 4.39 Å². The van der Waals surface area contributed by atoms with Gasteiger partial charge >= 0.3 is 0 Å². The predicted octanol–water partition coefficient (Wildman–Crippen LogP) is 3.13. The topological polar surface area (TPSA) is 75.3 Å². The van der Waals surface area contributed by atoms with Crippen molar-refractivity contribution in [1.82, 2.24) is 0 Å². The van der Waals surface area contributed by atoms with E-state index in [2.05, 4.69) is 5.32 Å². The van der Waals surface area contributed by atoms with E-state index >= 15 is 0 Å². The lowest BCUT2D eigenvalue weighted by atomic mass is 10.1. The van der Waals surface area contributed by atoms with Crippen molar-refractivity contribution >= 4 is 11.6 Å². The van der Waals surface area contributed by atoms with E-state index in [1.165, 1.54) is 52.7 Å². The van der Waals surface area contributed by atoms with Gasteiger partial charge in [0.05, 0.1) is 33.5 Å². The summed E-state index contributed by atoms with van der Waals surface area (Å²) in [6.45, 7) is 0.568. The molecule has 146 valence electrons. The highest BCUT2D eigenvalue weighted by Gasteiger charge is 2.21. The molecule has 2 rings (SSSR count). The molecule has 1 amide bonds. The van der Waals surface area contributed by atoms with Crippen molar-refractivity contribution in [2.75, 3.05) is 47.0 Å². The number of amides is 1. The molecule has 0 radical (unpaired) electrons. The fourth-order valence-corrected chi connectivity index (χ4v) is 2.41. The minimum absolute atomic E-state index is 0.0775. The largest absolute Gasteiger partial charge is 0.493 e. The van der Waals surface area contributed by atoms with Gasteiger partial charge in [-0.1, -0.05) is 0 Å². The molecule has 0 aliphatic rings. The summed E-state index contributed by atoms with van der Waals surface area (Å²) in [4.78, 5) is 12.6. The van der Waals surface area contributed by atoms with Gasteiger partial charge in [0, 0.05) is 18.9 Å². The summed E-state index contributed by atoms with van der Waals surface area (Å²) in [5, 5.41) is 2.62. The average Bonchev–Trinajstić information content (AvgIpc) is 2.68. The van der Waals surface area contributed by atoms with Crippen LogP contribution in [0, 0.1) is 5.82 Å². The molecule has 8 heteroatoms. The average molecular weight is 379 g/mol. The number of halogens is 1. The van der Waals surface area contributed by atoms with Crippen LogP contribution in [0.1, 0.15) is 10.4 Å². The maximum atomic E-state index is 14.1. The van der Waals surface area contributed by atoms with E-state index in [0.29, 0.717) is 18.1 Å². The molecule has 0 saturated carbocycles. The normalized spacial score (nSPS) is 10.3. The van der Waals surface area contributed by atoms with Crippen molar-refractivity contribution in [1.29, 1.82) is 0 Å². The highest BCUT2D eigenvalue weighted by Crippen LogP contribution is 2.40. The third-order valence-electron chi connectivity index (χ3n) is 3.68. The standard InChI is InChI=1S/C19H22FNO6/c1-23-9-10-27-15-7-5-12(11-14(15)20)21-19(22)13-6-8-16(24-2)18(26-4)17(13)25-3/h5-8,11H,9-10H2,1-4H3,(H,21,22). The van der Waals surface area contributed by atoms with Crippen molar-refractivity contribution < 1.29 is 32.9 Å². The maximum Gasteiger partial charge on any atom is 0.259 e. The molecular weight excluding hydrogens is 357 g/mol. The Hall–Kier alpha value is -3.00. The number of ether oxygens (including phenoxy) is 5. The highest BCUT2D eigenvalue weighted by atomic mass is 19.1. The van der Waals surface area contributed by atoms with E-state index in [0.717, 1.165) is 0 Å². The first-order chi connectivity index (χ1) is 13.0. The Morgan fingerprint density at radius 1 is 0.926 bits per heavy atom. The van der Waals surface area contributed by atoms with E-state index in [4.69, 9.17) is 23.7 Å². The summed E-state index contributed by atoms with van der Waals surface area (Å²) in [7, 11) is 5.87. The Morgan fingerprint density at radius 2 is 1.63 bits per heavy atom. The molecular formula is C19H22FNO6. The Morgan fingerprint density at radius 3 is 2.22 bits per heavy atom. The molecule has 0 saturated heterocycles. The zero-order valence-corrected chi connectivity index (χ0v) is 15.6. The predicted molar refractivity (Wildman–Crippen MR) is 97.8 cm³/mol. The van der Waals surface area contributed by atoms with Crippen LogP contribution in [-0.2, 0) is 4.74 Å². The SMILES string of the molecule is COCCOc1ccc(NC(=O)c2ccc(OC)c(OC)c2OC)cc1F. The van der Waals surface area contributed by atoms with E-state index < -0.39 is 11.7 Å². The van der Waals surface area contributed by atoms with Crippen LogP contribution in [0.5, 0.6) is 23.0 Å². The van der Waals surface area contributed by atoms with Gasteiger partial charge in [-0.15, -0.1) is 0 Å². The van der Waals surface area contributed by atoms with Crippen molar-refractivity contribution in [3.8, 4) is 23.0 Å². The van der Waals surface area contributed by atoms with Gasteiger partial charge in [0.25, 0.3) is 5.91 Å². The molecule has 0 spiro atoms. The zero-order chi connectivity index (χ0) is 19.8. The number of hydrogen-bond donors (Lipinski definition) is 1. The second-order valence-electron chi connectivity index (χ2n) is 5.32. The van der Waals surface area contributed by atoms with Gasteiger partial charge in [-0.2, -0.15) is 0 Å². The lowest BCUT2D eigenvalue weighted by molar-refractivity contribution is 0.102. The van der Waals surface area contributed by atoms with Crippen LogP contribution in [-0.4, -0.2) is 47.6 Å². The smallest absolute Gasteiger partial charge is 0.259 e. The minimum atomic E-state index is -0.594. The van der Waals surface area contributed by atoms with Crippen LogP contribution in [0.15, 0.2) is 30.3 Å². The van der Waals surface area contributed by atoms with E-state index in [9.17, 15) is 9.18 Å². The molecule has 2 aromatic rings. The van der Waals surface area contributed by atoms with E-state index in [-0.39, 0.29) is 29.4 Å². The molecule has 0 bridgehead atoms. The van der Waals surface area contributed by atoms with Crippen LogP contribution >= 0.6 is 0 Å². The molecule has 0 aliphatic carbocycles. The van der Waals surface area contributed by atoms with Crippen LogP contribution in [0.4, 0.5) is 10.1 Å². The number of nitrogens with one attached hydrogen (secondary N) is 1. The number of hydrogen-bond acceptors (Lipinski definition) is 6. The summed E-state index contributed by atoms with van der Waals surface area (Å²) in [6.07, 6.45) is 0. The summed E-state index contributed by atoms with van der Waals surface area (Å²) in [5.74, 6) is -0.0678. The maximum absolute atomic E-state index is 14.1. The van der Waals surface area contributed by atoms with Crippen LogP contribution in [0.3, 0.4) is 0 Å². The van der Waals surface area contributed by atoms with Gasteiger partial charge in [-0.05, 0) is 24.3 Å². The lowest BCUT2D eigenvalue weighted by Crippen LogP contribution is -2.14. The molecule has 0 unspecified atom stereocenters. The fourth-order valence-electron chi connectivity index (χ4n) is 2.41.